The zero-order valence-corrected chi connectivity index (χ0v) is 15.2. The molecular weight excluding hydrogens is 350 g/mol. The molecule has 134 valence electrons. The second-order valence-electron chi connectivity index (χ2n) is 6.98. The SMILES string of the molecule is C[C@@H]1CC[C@H]2C(=O)N(c3ccccc3OC(=O)c3cccs3)C(=O)[C@@H]2C1. The molecule has 2 aliphatic rings. The van der Waals surface area contributed by atoms with Crippen molar-refractivity contribution in [3.05, 3.63) is 46.7 Å². The predicted octanol–water partition coefficient (Wildman–Crippen LogP) is 3.89. The lowest BCUT2D eigenvalue weighted by Crippen LogP contribution is -2.31. The first-order valence-electron chi connectivity index (χ1n) is 8.78. The summed E-state index contributed by atoms with van der Waals surface area (Å²) >= 11 is 1.28. The van der Waals surface area contributed by atoms with Crippen molar-refractivity contribution in [3.8, 4) is 5.75 Å². The largest absolute Gasteiger partial charge is 0.420 e. The molecule has 1 saturated carbocycles. The zero-order chi connectivity index (χ0) is 18.3. The highest BCUT2D eigenvalue weighted by Crippen LogP contribution is 2.44. The highest BCUT2D eigenvalue weighted by Gasteiger charge is 2.50. The fourth-order valence-electron chi connectivity index (χ4n) is 3.90. The van der Waals surface area contributed by atoms with Crippen molar-refractivity contribution in [2.45, 2.75) is 26.2 Å². The normalized spacial score (nSPS) is 25.3. The minimum absolute atomic E-state index is 0.175. The van der Waals surface area contributed by atoms with Gasteiger partial charge in [0.2, 0.25) is 11.8 Å². The van der Waals surface area contributed by atoms with Crippen LogP contribution in [-0.4, -0.2) is 17.8 Å². The molecule has 1 aliphatic carbocycles. The van der Waals surface area contributed by atoms with Crippen LogP contribution in [0.4, 0.5) is 5.69 Å². The number of imide groups is 1. The van der Waals surface area contributed by atoms with Gasteiger partial charge in [0.05, 0.1) is 17.5 Å². The molecule has 2 fully saturated rings. The van der Waals surface area contributed by atoms with Gasteiger partial charge >= 0.3 is 5.97 Å². The molecule has 6 heteroatoms. The topological polar surface area (TPSA) is 63.7 Å². The minimum atomic E-state index is -0.488. The number of nitrogens with zero attached hydrogens (tertiary/aromatic N) is 1. The van der Waals surface area contributed by atoms with Gasteiger partial charge in [0.1, 0.15) is 4.88 Å². The van der Waals surface area contributed by atoms with Crippen LogP contribution in [0.25, 0.3) is 0 Å². The lowest BCUT2D eigenvalue weighted by Gasteiger charge is -2.25. The van der Waals surface area contributed by atoms with Gasteiger partial charge in [-0.1, -0.05) is 25.1 Å². The quantitative estimate of drug-likeness (QED) is 0.468. The third-order valence-corrected chi connectivity index (χ3v) is 6.07. The minimum Gasteiger partial charge on any atom is -0.420 e. The van der Waals surface area contributed by atoms with Crippen LogP contribution in [0.5, 0.6) is 5.75 Å². The van der Waals surface area contributed by atoms with Crippen molar-refractivity contribution in [2.75, 3.05) is 4.90 Å². The number of ether oxygens (including phenoxy) is 1. The zero-order valence-electron chi connectivity index (χ0n) is 14.4. The van der Waals surface area contributed by atoms with Gasteiger partial charge in [0, 0.05) is 0 Å². The molecule has 2 heterocycles. The summed E-state index contributed by atoms with van der Waals surface area (Å²) in [5, 5.41) is 1.79. The van der Waals surface area contributed by atoms with Crippen LogP contribution in [0.3, 0.4) is 0 Å². The van der Waals surface area contributed by atoms with Gasteiger partial charge in [0.15, 0.2) is 5.75 Å². The number of thiophene rings is 1. The summed E-state index contributed by atoms with van der Waals surface area (Å²) in [6.07, 6.45) is 2.44. The third-order valence-electron chi connectivity index (χ3n) is 5.22. The van der Waals surface area contributed by atoms with Crippen molar-refractivity contribution in [3.63, 3.8) is 0 Å². The highest BCUT2D eigenvalue weighted by atomic mass is 32.1. The van der Waals surface area contributed by atoms with Gasteiger partial charge in [-0.25, -0.2) is 9.69 Å². The van der Waals surface area contributed by atoms with Crippen LogP contribution < -0.4 is 9.64 Å². The van der Waals surface area contributed by atoms with E-state index in [1.165, 1.54) is 16.2 Å². The Morgan fingerprint density at radius 3 is 2.62 bits per heavy atom. The number of carbonyl (C=O) groups is 3. The summed E-state index contributed by atoms with van der Waals surface area (Å²) < 4.78 is 5.50. The van der Waals surface area contributed by atoms with Gasteiger partial charge in [-0.05, 0) is 48.8 Å². The van der Waals surface area contributed by atoms with Crippen molar-refractivity contribution < 1.29 is 19.1 Å². The number of hydrogen-bond acceptors (Lipinski definition) is 5. The van der Waals surface area contributed by atoms with Crippen LogP contribution >= 0.6 is 11.3 Å². The Labute approximate surface area is 155 Å². The van der Waals surface area contributed by atoms with E-state index in [0.717, 1.165) is 19.3 Å². The van der Waals surface area contributed by atoms with Gasteiger partial charge in [-0.15, -0.1) is 11.3 Å². The molecule has 2 amide bonds. The lowest BCUT2D eigenvalue weighted by molar-refractivity contribution is -0.122. The third kappa shape index (κ3) is 2.84. The van der Waals surface area contributed by atoms with E-state index in [4.69, 9.17) is 4.74 Å². The van der Waals surface area contributed by atoms with Crippen molar-refractivity contribution >= 4 is 34.8 Å². The number of fused-ring (bicyclic) bond motifs is 1. The van der Waals surface area contributed by atoms with Gasteiger partial charge in [0.25, 0.3) is 0 Å². The number of carbonyl (C=O) groups excluding carboxylic acids is 3. The molecule has 0 unspecified atom stereocenters. The standard InChI is InChI=1S/C20H19NO4S/c1-12-8-9-13-14(11-12)19(23)21(18(13)22)15-5-2-3-6-16(15)25-20(24)17-7-4-10-26-17/h2-7,10,12-14H,8-9,11H2,1H3/t12-,13-,14-/m1/s1. The molecule has 26 heavy (non-hydrogen) atoms. The monoisotopic (exact) mass is 369 g/mol. The van der Waals surface area contributed by atoms with Gasteiger partial charge in [-0.2, -0.15) is 0 Å². The van der Waals surface area contributed by atoms with Crippen molar-refractivity contribution in [1.82, 2.24) is 0 Å². The van der Waals surface area contributed by atoms with Gasteiger partial charge in [-0.3, -0.25) is 9.59 Å². The molecule has 0 spiro atoms. The van der Waals surface area contributed by atoms with E-state index in [1.807, 2.05) is 0 Å². The molecule has 1 aromatic carbocycles. The van der Waals surface area contributed by atoms with Crippen LogP contribution in [0.15, 0.2) is 41.8 Å². The van der Waals surface area contributed by atoms with Crippen LogP contribution in [0, 0.1) is 17.8 Å². The second kappa shape index (κ2) is 6.68. The van der Waals surface area contributed by atoms with E-state index in [-0.39, 0.29) is 29.4 Å². The molecule has 5 nitrogen and oxygen atoms in total. The average molecular weight is 369 g/mol. The lowest BCUT2D eigenvalue weighted by atomic mass is 9.76. The number of amides is 2. The van der Waals surface area contributed by atoms with Crippen LogP contribution in [-0.2, 0) is 9.59 Å². The van der Waals surface area contributed by atoms with E-state index < -0.39 is 5.97 Å². The van der Waals surface area contributed by atoms with Crippen LogP contribution in [0.2, 0.25) is 0 Å². The molecular formula is C20H19NO4S. The molecule has 1 aromatic heterocycles. The smallest absolute Gasteiger partial charge is 0.353 e. The fraction of sp³-hybridized carbons (Fsp3) is 0.350. The van der Waals surface area contributed by atoms with Crippen LogP contribution in [0.1, 0.15) is 35.9 Å². The van der Waals surface area contributed by atoms with E-state index >= 15 is 0 Å². The van der Waals surface area contributed by atoms with Gasteiger partial charge < -0.3 is 4.74 Å². The Morgan fingerprint density at radius 1 is 1.08 bits per heavy atom. The Bertz CT molecular complexity index is 860. The summed E-state index contributed by atoms with van der Waals surface area (Å²) in [5.74, 6) is -0.665. The number of hydrogen-bond donors (Lipinski definition) is 0. The molecule has 3 atom stereocenters. The van der Waals surface area contributed by atoms with E-state index in [9.17, 15) is 14.4 Å². The molecule has 0 bridgehead atoms. The summed E-state index contributed by atoms with van der Waals surface area (Å²) in [6.45, 7) is 2.12. The first kappa shape index (κ1) is 17.0. The molecule has 0 N–H and O–H groups in total. The predicted molar refractivity (Wildman–Crippen MR) is 98.2 cm³/mol. The maximum atomic E-state index is 12.9. The first-order chi connectivity index (χ1) is 12.6. The summed E-state index contributed by atoms with van der Waals surface area (Å²) in [6, 6.07) is 10.2. The fourth-order valence-corrected chi connectivity index (χ4v) is 4.50. The molecule has 1 saturated heterocycles. The second-order valence-corrected chi connectivity index (χ2v) is 7.93. The van der Waals surface area contributed by atoms with Crippen molar-refractivity contribution in [2.24, 2.45) is 17.8 Å². The number of para-hydroxylation sites is 2. The number of esters is 1. The molecule has 4 rings (SSSR count). The molecule has 2 aromatic rings. The molecule has 1 aliphatic heterocycles. The highest BCUT2D eigenvalue weighted by molar-refractivity contribution is 7.12. The summed E-state index contributed by atoms with van der Waals surface area (Å²) in [7, 11) is 0. The Balaban J connectivity index is 1.65. The maximum absolute atomic E-state index is 12.9. The maximum Gasteiger partial charge on any atom is 0.353 e. The number of anilines is 1. The van der Waals surface area contributed by atoms with E-state index in [1.54, 1.807) is 41.8 Å². The summed E-state index contributed by atoms with van der Waals surface area (Å²) in [4.78, 5) is 39.8. The summed E-state index contributed by atoms with van der Waals surface area (Å²) in [5.41, 5.74) is 0.356. The van der Waals surface area contributed by atoms with E-state index in [0.29, 0.717) is 16.5 Å². The Morgan fingerprint density at radius 2 is 1.85 bits per heavy atom. The Hall–Kier alpha value is -2.47. The molecule has 0 radical (unpaired) electrons. The number of benzene rings is 1. The number of rotatable bonds is 3. The van der Waals surface area contributed by atoms with E-state index in [2.05, 4.69) is 6.92 Å². The Kier molecular flexibility index (Phi) is 4.36. The van der Waals surface area contributed by atoms with Crippen molar-refractivity contribution in [1.29, 1.82) is 0 Å². The first-order valence-corrected chi connectivity index (χ1v) is 9.66. The average Bonchev–Trinajstić information content (AvgIpc) is 3.24.